The van der Waals surface area contributed by atoms with Crippen molar-refractivity contribution in [1.82, 2.24) is 10.3 Å². The molecule has 0 unspecified atom stereocenters. The van der Waals surface area contributed by atoms with Gasteiger partial charge in [-0.05, 0) is 0 Å². The Morgan fingerprint density at radius 3 is 3.09 bits per heavy atom. The molecular formula is C7H8N2O2. The van der Waals surface area contributed by atoms with Crippen molar-refractivity contribution in [3.8, 4) is 0 Å². The molecule has 4 nitrogen and oxygen atoms in total. The molecule has 11 heavy (non-hydrogen) atoms. The van der Waals surface area contributed by atoms with E-state index in [9.17, 15) is 4.79 Å². The number of hydrogen-bond acceptors (Lipinski definition) is 4. The fourth-order valence-electron chi connectivity index (χ4n) is 1.18. The minimum absolute atomic E-state index is 0.00755. The molecule has 0 amide bonds. The molecule has 1 aromatic rings. The van der Waals surface area contributed by atoms with Gasteiger partial charge in [-0.2, -0.15) is 0 Å². The van der Waals surface area contributed by atoms with Gasteiger partial charge in [-0.15, -0.1) is 0 Å². The average Bonchev–Trinajstić information content (AvgIpc) is 2.31. The molecule has 0 saturated carbocycles. The topological polar surface area (TPSA) is 55.1 Å². The lowest BCUT2D eigenvalue weighted by Gasteiger charge is -2.07. The van der Waals surface area contributed by atoms with E-state index < -0.39 is 0 Å². The summed E-state index contributed by atoms with van der Waals surface area (Å²) in [4.78, 5) is 15.2. The summed E-state index contributed by atoms with van der Waals surface area (Å²) in [6, 6.07) is 0. The number of nitrogens with zero attached hydrogens (tertiary/aromatic N) is 1. The number of aromatic nitrogens is 1. The first-order valence-electron chi connectivity index (χ1n) is 3.47. The number of hydrogen-bond donors (Lipinski definition) is 1. The normalized spacial score (nSPS) is 16.6. The Bertz CT molecular complexity index is 303. The third-order valence-electron chi connectivity index (χ3n) is 1.64. The molecule has 4 heteroatoms. The first-order chi connectivity index (χ1) is 5.27. The van der Waals surface area contributed by atoms with Crippen LogP contribution in [0.5, 0.6) is 0 Å². The van der Waals surface area contributed by atoms with Crippen LogP contribution in [0.1, 0.15) is 22.1 Å². The van der Waals surface area contributed by atoms with Crippen molar-refractivity contribution in [3.05, 3.63) is 17.3 Å². The van der Waals surface area contributed by atoms with E-state index in [-0.39, 0.29) is 5.78 Å². The van der Waals surface area contributed by atoms with Gasteiger partial charge in [0.1, 0.15) is 5.69 Å². The number of nitrogens with one attached hydrogen (secondary N) is 1. The smallest absolute Gasteiger partial charge is 0.213 e. The van der Waals surface area contributed by atoms with Crippen LogP contribution >= 0.6 is 0 Å². The zero-order chi connectivity index (χ0) is 7.84. The van der Waals surface area contributed by atoms with Crippen molar-refractivity contribution in [2.24, 2.45) is 0 Å². The van der Waals surface area contributed by atoms with E-state index in [1.54, 1.807) is 6.92 Å². The highest BCUT2D eigenvalue weighted by Gasteiger charge is 2.22. The summed E-state index contributed by atoms with van der Waals surface area (Å²) < 4.78 is 5.12. The number of carbonyl (C=O) groups excluding carboxylic acids is 1. The Morgan fingerprint density at radius 2 is 2.36 bits per heavy atom. The zero-order valence-electron chi connectivity index (χ0n) is 6.18. The highest BCUT2D eigenvalue weighted by Crippen LogP contribution is 2.13. The molecule has 0 radical (unpaired) electrons. The molecule has 58 valence electrons. The van der Waals surface area contributed by atoms with Gasteiger partial charge in [0.05, 0.1) is 6.54 Å². The minimum Gasteiger partial charge on any atom is -0.438 e. The predicted molar refractivity (Wildman–Crippen MR) is 37.3 cm³/mol. The van der Waals surface area contributed by atoms with Crippen molar-refractivity contribution in [1.29, 1.82) is 0 Å². The van der Waals surface area contributed by atoms with Crippen molar-refractivity contribution >= 4 is 5.78 Å². The van der Waals surface area contributed by atoms with Crippen molar-refractivity contribution in [2.45, 2.75) is 13.5 Å². The van der Waals surface area contributed by atoms with Gasteiger partial charge in [0, 0.05) is 13.5 Å². The highest BCUT2D eigenvalue weighted by atomic mass is 16.4. The summed E-state index contributed by atoms with van der Waals surface area (Å²) in [6.45, 7) is 2.74. The molecule has 2 rings (SSSR count). The first kappa shape index (κ1) is 6.54. The third kappa shape index (κ3) is 0.952. The van der Waals surface area contributed by atoms with Gasteiger partial charge in [-0.3, -0.25) is 4.79 Å². The largest absolute Gasteiger partial charge is 0.438 e. The van der Waals surface area contributed by atoms with Crippen LogP contribution in [0.15, 0.2) is 4.42 Å². The van der Waals surface area contributed by atoms with Gasteiger partial charge in [0.2, 0.25) is 5.78 Å². The average molecular weight is 152 g/mol. The van der Waals surface area contributed by atoms with Gasteiger partial charge in [-0.25, -0.2) is 4.98 Å². The van der Waals surface area contributed by atoms with Crippen LogP contribution in [-0.4, -0.2) is 17.3 Å². The lowest BCUT2D eigenvalue weighted by atomic mass is 10.2. The van der Waals surface area contributed by atoms with E-state index in [0.717, 1.165) is 5.69 Å². The number of ketones is 1. The quantitative estimate of drug-likeness (QED) is 0.579. The molecule has 1 N–H and O–H groups in total. The molecule has 0 aromatic carbocycles. The molecule has 0 atom stereocenters. The van der Waals surface area contributed by atoms with Crippen LogP contribution in [0.3, 0.4) is 0 Å². The van der Waals surface area contributed by atoms with E-state index >= 15 is 0 Å². The Morgan fingerprint density at radius 1 is 1.55 bits per heavy atom. The summed E-state index contributed by atoms with van der Waals surface area (Å²) in [5, 5.41) is 2.93. The summed E-state index contributed by atoms with van der Waals surface area (Å²) >= 11 is 0. The van der Waals surface area contributed by atoms with E-state index in [1.807, 2.05) is 0 Å². The summed E-state index contributed by atoms with van der Waals surface area (Å²) in [5.74, 6) is 0.986. The Kier molecular flexibility index (Phi) is 1.29. The molecule has 0 saturated heterocycles. The fourth-order valence-corrected chi connectivity index (χ4v) is 1.18. The molecule has 1 aliphatic heterocycles. The molecular weight excluding hydrogens is 144 g/mol. The van der Waals surface area contributed by atoms with Crippen LogP contribution in [0, 0.1) is 6.92 Å². The highest BCUT2D eigenvalue weighted by molar-refractivity contribution is 5.96. The Labute approximate surface area is 63.6 Å². The van der Waals surface area contributed by atoms with Crippen LogP contribution < -0.4 is 5.32 Å². The van der Waals surface area contributed by atoms with E-state index in [4.69, 9.17) is 4.42 Å². The lowest BCUT2D eigenvalue weighted by molar-refractivity contribution is 0.0952. The standard InChI is InChI=1S/C7H8N2O2/c1-4-9-5-2-8-3-6(10)7(5)11-4/h8H,2-3H2,1H3. The Balaban J connectivity index is 2.52. The third-order valence-corrected chi connectivity index (χ3v) is 1.64. The SMILES string of the molecule is Cc1nc2c(o1)C(=O)CNC2. The van der Waals surface area contributed by atoms with Crippen LogP contribution in [0.4, 0.5) is 0 Å². The molecule has 0 aliphatic carbocycles. The second kappa shape index (κ2) is 2.17. The number of aryl methyl sites for hydroxylation is 1. The number of Topliss-reactive ketones (excluding diaryl/α,β-unsaturated/α-hetero) is 1. The molecule has 0 fully saturated rings. The van der Waals surface area contributed by atoms with Crippen LogP contribution in [-0.2, 0) is 6.54 Å². The van der Waals surface area contributed by atoms with Crippen molar-refractivity contribution < 1.29 is 9.21 Å². The monoisotopic (exact) mass is 152 g/mol. The molecule has 2 heterocycles. The number of carbonyl (C=O) groups is 1. The van der Waals surface area contributed by atoms with Gasteiger partial charge in [0.15, 0.2) is 11.7 Å². The van der Waals surface area contributed by atoms with Gasteiger partial charge >= 0.3 is 0 Å². The van der Waals surface area contributed by atoms with Gasteiger partial charge in [-0.1, -0.05) is 0 Å². The summed E-state index contributed by atoms with van der Waals surface area (Å²) in [5.41, 5.74) is 0.735. The first-order valence-corrected chi connectivity index (χ1v) is 3.47. The second-order valence-corrected chi connectivity index (χ2v) is 2.54. The van der Waals surface area contributed by atoms with Crippen LogP contribution in [0.25, 0.3) is 0 Å². The Hall–Kier alpha value is -1.16. The molecule has 0 bridgehead atoms. The predicted octanol–water partition coefficient (Wildman–Crippen LogP) is 0.269. The number of fused-ring (bicyclic) bond motifs is 1. The summed E-state index contributed by atoms with van der Waals surface area (Å²) in [7, 11) is 0. The van der Waals surface area contributed by atoms with E-state index in [1.165, 1.54) is 0 Å². The molecule has 1 aromatic heterocycles. The maximum Gasteiger partial charge on any atom is 0.213 e. The maximum absolute atomic E-state index is 11.1. The van der Waals surface area contributed by atoms with E-state index in [0.29, 0.717) is 24.7 Å². The molecule has 1 aliphatic rings. The molecule has 0 spiro atoms. The van der Waals surface area contributed by atoms with Crippen LogP contribution in [0.2, 0.25) is 0 Å². The maximum atomic E-state index is 11.1. The summed E-state index contributed by atoms with van der Waals surface area (Å²) in [6.07, 6.45) is 0. The number of rotatable bonds is 0. The van der Waals surface area contributed by atoms with E-state index in [2.05, 4.69) is 10.3 Å². The number of oxazole rings is 1. The van der Waals surface area contributed by atoms with Gasteiger partial charge in [0.25, 0.3) is 0 Å². The lowest BCUT2D eigenvalue weighted by Crippen LogP contribution is -2.29. The zero-order valence-corrected chi connectivity index (χ0v) is 6.18. The van der Waals surface area contributed by atoms with Crippen molar-refractivity contribution in [2.75, 3.05) is 6.54 Å². The van der Waals surface area contributed by atoms with Gasteiger partial charge < -0.3 is 9.73 Å². The fraction of sp³-hybridized carbons (Fsp3) is 0.429. The van der Waals surface area contributed by atoms with Crippen molar-refractivity contribution in [3.63, 3.8) is 0 Å². The second-order valence-electron chi connectivity index (χ2n) is 2.54. The minimum atomic E-state index is -0.00755.